The van der Waals surface area contributed by atoms with Gasteiger partial charge in [-0.3, -0.25) is 9.59 Å². The molecule has 2 saturated heterocycles. The monoisotopic (exact) mass is 526 g/mol. The summed E-state index contributed by atoms with van der Waals surface area (Å²) in [5.74, 6) is 0.735. The number of carbonyl (C=O) groups is 2. The first-order valence-corrected chi connectivity index (χ1v) is 12.9. The van der Waals surface area contributed by atoms with Gasteiger partial charge in [-0.1, -0.05) is 12.1 Å². The number of ether oxygens (including phenoxy) is 1. The van der Waals surface area contributed by atoms with Crippen molar-refractivity contribution in [2.24, 2.45) is 0 Å². The maximum Gasteiger partial charge on any atom is 0.293 e. The van der Waals surface area contributed by atoms with E-state index >= 15 is 0 Å². The number of aromatic nitrogens is 3. The van der Waals surface area contributed by atoms with Gasteiger partial charge >= 0.3 is 0 Å². The highest BCUT2D eigenvalue weighted by atomic mass is 19.1. The Kier molecular flexibility index (Phi) is 10.2. The molecule has 5 rings (SSSR count). The first kappa shape index (κ1) is 29.0. The first-order chi connectivity index (χ1) is 18.1. The maximum absolute atomic E-state index is 13.5. The second-order valence-corrected chi connectivity index (χ2v) is 10.6. The van der Waals surface area contributed by atoms with Crippen LogP contribution in [0.4, 0.5) is 10.2 Å². The van der Waals surface area contributed by atoms with Crippen molar-refractivity contribution in [3.63, 3.8) is 0 Å². The van der Waals surface area contributed by atoms with Crippen molar-refractivity contribution in [2.75, 3.05) is 31.6 Å². The molecule has 2 fully saturated rings. The van der Waals surface area contributed by atoms with E-state index in [0.29, 0.717) is 12.5 Å². The average molecular weight is 527 g/mol. The predicted molar refractivity (Wildman–Crippen MR) is 145 cm³/mol. The van der Waals surface area contributed by atoms with E-state index in [1.165, 1.54) is 6.07 Å². The second kappa shape index (κ2) is 13.3. The van der Waals surface area contributed by atoms with E-state index < -0.39 is 0 Å². The van der Waals surface area contributed by atoms with E-state index in [1.54, 1.807) is 12.1 Å². The van der Waals surface area contributed by atoms with Gasteiger partial charge in [0.15, 0.2) is 5.65 Å². The van der Waals surface area contributed by atoms with Gasteiger partial charge in [-0.05, 0) is 90.4 Å². The molecule has 2 aliphatic heterocycles. The van der Waals surface area contributed by atoms with Gasteiger partial charge in [0, 0.05) is 19.1 Å². The van der Waals surface area contributed by atoms with Gasteiger partial charge in [-0.2, -0.15) is 0 Å². The molecule has 0 saturated carbocycles. The maximum atomic E-state index is 13.5. The van der Waals surface area contributed by atoms with Crippen LogP contribution in [0.3, 0.4) is 0 Å². The quantitative estimate of drug-likeness (QED) is 0.504. The number of fused-ring (bicyclic) bond motifs is 1. The highest BCUT2D eigenvalue weighted by Gasteiger charge is 2.27. The average Bonchev–Trinajstić information content (AvgIpc) is 3.60. The van der Waals surface area contributed by atoms with Crippen LogP contribution in [0.1, 0.15) is 57.3 Å². The Morgan fingerprint density at radius 2 is 1.92 bits per heavy atom. The number of carbonyl (C=O) groups excluding carboxylic acids is 2. The van der Waals surface area contributed by atoms with Gasteiger partial charge in [-0.25, -0.2) is 13.9 Å². The fourth-order valence-corrected chi connectivity index (χ4v) is 4.54. The number of likely N-dealkylation sites (N-methyl/N-ethyl adjacent to an activating group) is 1. The summed E-state index contributed by atoms with van der Waals surface area (Å²) in [7, 11) is 2.06. The number of aryl methyl sites for hydroxylation is 1. The number of halogens is 1. The molecule has 2 aliphatic rings. The van der Waals surface area contributed by atoms with E-state index in [9.17, 15) is 14.0 Å². The molecule has 1 N–H and O–H groups in total. The van der Waals surface area contributed by atoms with Crippen molar-refractivity contribution in [3.8, 4) is 0 Å². The van der Waals surface area contributed by atoms with Gasteiger partial charge in [0.2, 0.25) is 6.41 Å². The van der Waals surface area contributed by atoms with Gasteiger partial charge in [0.05, 0.1) is 17.9 Å². The van der Waals surface area contributed by atoms with Gasteiger partial charge < -0.3 is 19.9 Å². The lowest BCUT2D eigenvalue weighted by Gasteiger charge is -2.26. The van der Waals surface area contributed by atoms with Crippen molar-refractivity contribution < 1.29 is 18.7 Å². The molecule has 2 atom stereocenters. The third-order valence-electron chi connectivity index (χ3n) is 6.40. The number of anilines is 1. The van der Waals surface area contributed by atoms with Gasteiger partial charge in [0.1, 0.15) is 17.2 Å². The van der Waals surface area contributed by atoms with E-state index in [2.05, 4.69) is 31.9 Å². The van der Waals surface area contributed by atoms with Crippen LogP contribution in [0.15, 0.2) is 42.6 Å². The topological polar surface area (TPSA) is 92.1 Å². The largest absolute Gasteiger partial charge is 0.462 e. The van der Waals surface area contributed by atoms with Crippen molar-refractivity contribution in [3.05, 3.63) is 59.7 Å². The minimum absolute atomic E-state index is 0.182. The van der Waals surface area contributed by atoms with Crippen LogP contribution in [0.5, 0.6) is 0 Å². The molecular weight excluding hydrogens is 487 g/mol. The minimum atomic E-state index is -0.318. The van der Waals surface area contributed by atoms with Crippen molar-refractivity contribution >= 4 is 24.3 Å². The number of nitrogens with zero attached hydrogens (tertiary/aromatic N) is 5. The van der Waals surface area contributed by atoms with Gasteiger partial charge in [-0.15, -0.1) is 5.10 Å². The van der Waals surface area contributed by atoms with E-state index in [-0.39, 0.29) is 17.5 Å². The number of amides is 1. The van der Waals surface area contributed by atoms with Crippen LogP contribution >= 0.6 is 0 Å². The predicted octanol–water partition coefficient (Wildman–Crippen LogP) is 3.91. The summed E-state index contributed by atoms with van der Waals surface area (Å²) in [5, 5.41) is 7.45. The summed E-state index contributed by atoms with van der Waals surface area (Å²) >= 11 is 0. The fraction of sp³-hybridized carbons (Fsp3) is 0.500. The Balaban J connectivity index is 0.000000207. The Morgan fingerprint density at radius 3 is 2.53 bits per heavy atom. The zero-order valence-electron chi connectivity index (χ0n) is 22.9. The molecule has 0 aliphatic carbocycles. The number of likely N-dealkylation sites (tertiary alicyclic amines) is 1. The molecule has 0 spiro atoms. The van der Waals surface area contributed by atoms with Crippen molar-refractivity contribution in [1.29, 1.82) is 0 Å². The smallest absolute Gasteiger partial charge is 0.293 e. The normalized spacial score (nSPS) is 19.3. The third kappa shape index (κ3) is 8.24. The summed E-state index contributed by atoms with van der Waals surface area (Å²) in [4.78, 5) is 28.3. The van der Waals surface area contributed by atoms with Crippen LogP contribution in [-0.2, 0) is 14.3 Å². The number of hydrogen-bond acceptors (Lipinski definition) is 7. The summed E-state index contributed by atoms with van der Waals surface area (Å²) in [5.41, 5.74) is 2.56. The second-order valence-electron chi connectivity index (χ2n) is 10.6. The Bertz CT molecular complexity index is 1190. The van der Waals surface area contributed by atoms with Crippen molar-refractivity contribution in [1.82, 2.24) is 24.8 Å². The molecule has 2 aromatic heterocycles. The molecule has 1 aromatic carbocycles. The Labute approximate surface area is 224 Å². The number of imidazole rings is 1. The summed E-state index contributed by atoms with van der Waals surface area (Å²) < 4.78 is 19.9. The zero-order chi connectivity index (χ0) is 27.7. The van der Waals surface area contributed by atoms with Crippen molar-refractivity contribution in [2.45, 2.75) is 64.6 Å². The van der Waals surface area contributed by atoms with Crippen LogP contribution in [0.2, 0.25) is 0 Å². The lowest BCUT2D eigenvalue weighted by atomic mass is 10.0. The molecular formula is C28H39FN6O3. The van der Waals surface area contributed by atoms with E-state index in [0.717, 1.165) is 68.0 Å². The van der Waals surface area contributed by atoms with Crippen LogP contribution < -0.4 is 10.2 Å². The molecule has 9 nitrogen and oxygen atoms in total. The SMILES string of the molecule is CC(C)(C)OC=O.CN1CCC(NC=O)C1.Cc1cnc2ccc(N3CCC[C@@H]3c3cccc(F)c3)nn12. The summed E-state index contributed by atoms with van der Waals surface area (Å²) in [6.45, 7) is 11.0. The molecule has 4 heterocycles. The van der Waals surface area contributed by atoms with Gasteiger partial charge in [0.25, 0.3) is 6.47 Å². The number of hydrogen-bond donors (Lipinski definition) is 1. The summed E-state index contributed by atoms with van der Waals surface area (Å²) in [6, 6.07) is 11.4. The molecule has 3 aromatic rings. The fourth-order valence-electron chi connectivity index (χ4n) is 4.54. The standard InChI is InChI=1S/C17H17FN4.C6H12N2O.C5H10O2/c1-12-11-19-16-7-8-17(20-22(12)16)21-9-3-6-15(21)13-4-2-5-14(18)10-13;1-8-3-2-6(4-8)7-5-9;1-5(2,3)7-4-6/h2,4-5,7-8,10-11,15H,3,6,9H2,1H3;5-6H,2-4H2,1H3,(H,7,9);4H,1-3H3/t15-;;/m1../s1. The molecule has 1 unspecified atom stereocenters. The van der Waals surface area contributed by atoms with Crippen LogP contribution in [0.25, 0.3) is 5.65 Å². The van der Waals surface area contributed by atoms with Crippen LogP contribution in [0, 0.1) is 12.7 Å². The summed E-state index contributed by atoms with van der Waals surface area (Å²) in [6.07, 6.45) is 5.80. The Morgan fingerprint density at radius 1 is 1.13 bits per heavy atom. The number of benzene rings is 1. The molecule has 206 valence electrons. The number of rotatable bonds is 5. The Hall–Kier alpha value is -3.53. The zero-order valence-corrected chi connectivity index (χ0v) is 22.9. The first-order valence-electron chi connectivity index (χ1n) is 12.9. The van der Waals surface area contributed by atoms with E-state index in [1.807, 2.05) is 56.6 Å². The highest BCUT2D eigenvalue weighted by molar-refractivity contribution is 5.49. The van der Waals surface area contributed by atoms with E-state index in [4.69, 9.17) is 5.10 Å². The lowest BCUT2D eigenvalue weighted by Crippen LogP contribution is -2.29. The third-order valence-corrected chi connectivity index (χ3v) is 6.40. The highest BCUT2D eigenvalue weighted by Crippen LogP contribution is 2.35. The molecule has 0 radical (unpaired) electrons. The lowest BCUT2D eigenvalue weighted by molar-refractivity contribution is -0.138. The molecule has 0 bridgehead atoms. The van der Waals surface area contributed by atoms with Crippen LogP contribution in [-0.4, -0.2) is 70.7 Å². The molecule has 38 heavy (non-hydrogen) atoms. The molecule has 1 amide bonds. The molecule has 10 heteroatoms. The number of nitrogens with one attached hydrogen (secondary N) is 1. The minimum Gasteiger partial charge on any atom is -0.462 e.